The molecule has 3 aliphatic rings. The summed E-state index contributed by atoms with van der Waals surface area (Å²) in [6.45, 7) is 5.23. The summed E-state index contributed by atoms with van der Waals surface area (Å²) in [6, 6.07) is 0. The van der Waals surface area contributed by atoms with E-state index in [2.05, 4.69) is 10.2 Å². The number of hydrogen-bond donors (Lipinski definition) is 1. The second kappa shape index (κ2) is 8.77. The Bertz CT molecular complexity index is 579. The summed E-state index contributed by atoms with van der Waals surface area (Å²) < 4.78 is 30.3. The second-order valence-electron chi connectivity index (χ2n) is 7.59. The maximum absolute atomic E-state index is 12.7. The fourth-order valence-corrected chi connectivity index (χ4v) is 6.02. The lowest BCUT2D eigenvalue weighted by Crippen LogP contribution is -2.60. The maximum Gasteiger partial charge on any atom is 0.223 e. The first-order chi connectivity index (χ1) is 12.4. The second-order valence-corrected chi connectivity index (χ2v) is 10.8. The van der Waals surface area contributed by atoms with Crippen molar-refractivity contribution in [3.8, 4) is 0 Å². The van der Waals surface area contributed by atoms with Gasteiger partial charge in [0.25, 0.3) is 0 Å². The third kappa shape index (κ3) is 4.92. The Labute approximate surface area is 161 Å². The van der Waals surface area contributed by atoms with Crippen molar-refractivity contribution in [1.82, 2.24) is 14.5 Å². The molecule has 3 fully saturated rings. The number of nitrogens with one attached hydrogen (secondary N) is 1. The monoisotopic (exact) mass is 405 g/mol. The molecule has 0 aliphatic carbocycles. The molecule has 3 rings (SSSR count). The number of nitrogens with zero attached hydrogens (tertiary/aromatic N) is 2. The minimum Gasteiger partial charge on any atom is -0.381 e. The molecule has 3 aliphatic heterocycles. The molecule has 150 valence electrons. The van der Waals surface area contributed by atoms with Gasteiger partial charge < -0.3 is 10.1 Å². The summed E-state index contributed by atoms with van der Waals surface area (Å²) in [6.07, 6.45) is 4.37. The molecule has 0 radical (unpaired) electrons. The van der Waals surface area contributed by atoms with Crippen molar-refractivity contribution in [2.24, 2.45) is 5.92 Å². The van der Waals surface area contributed by atoms with Crippen LogP contribution in [0.1, 0.15) is 25.7 Å². The van der Waals surface area contributed by atoms with Crippen LogP contribution in [-0.2, 0) is 19.6 Å². The van der Waals surface area contributed by atoms with Crippen molar-refractivity contribution in [3.63, 3.8) is 0 Å². The molecule has 3 heterocycles. The van der Waals surface area contributed by atoms with Crippen LogP contribution in [-0.4, -0.2) is 92.8 Å². The fraction of sp³-hybridized carbons (Fsp3) is 0.941. The Morgan fingerprint density at radius 1 is 1.15 bits per heavy atom. The van der Waals surface area contributed by atoms with Gasteiger partial charge in [0, 0.05) is 68.9 Å². The van der Waals surface area contributed by atoms with Gasteiger partial charge in [-0.2, -0.15) is 11.8 Å². The molecule has 0 bridgehead atoms. The van der Waals surface area contributed by atoms with Crippen LogP contribution >= 0.6 is 11.8 Å². The Kier molecular flexibility index (Phi) is 6.88. The van der Waals surface area contributed by atoms with Gasteiger partial charge in [0.05, 0.1) is 6.26 Å². The molecule has 1 N–H and O–H groups in total. The maximum atomic E-state index is 12.7. The molecule has 0 saturated carbocycles. The number of amides is 1. The molecule has 3 saturated heterocycles. The lowest BCUT2D eigenvalue weighted by molar-refractivity contribution is -0.127. The first-order valence-electron chi connectivity index (χ1n) is 9.54. The van der Waals surface area contributed by atoms with Crippen molar-refractivity contribution in [2.45, 2.75) is 31.2 Å². The van der Waals surface area contributed by atoms with E-state index in [0.29, 0.717) is 32.5 Å². The first-order valence-corrected chi connectivity index (χ1v) is 12.5. The topological polar surface area (TPSA) is 79.0 Å². The highest BCUT2D eigenvalue weighted by Crippen LogP contribution is 2.30. The summed E-state index contributed by atoms with van der Waals surface area (Å²) in [5.74, 6) is 2.30. The fourth-order valence-electron chi connectivity index (χ4n) is 4.24. The van der Waals surface area contributed by atoms with E-state index < -0.39 is 10.0 Å². The molecule has 1 amide bonds. The van der Waals surface area contributed by atoms with Gasteiger partial charge in [0.2, 0.25) is 15.9 Å². The van der Waals surface area contributed by atoms with Crippen LogP contribution in [0.2, 0.25) is 0 Å². The van der Waals surface area contributed by atoms with Crippen molar-refractivity contribution < 1.29 is 17.9 Å². The van der Waals surface area contributed by atoms with Crippen molar-refractivity contribution in [3.05, 3.63) is 0 Å². The van der Waals surface area contributed by atoms with Crippen LogP contribution in [0.3, 0.4) is 0 Å². The number of thioether (sulfide) groups is 1. The van der Waals surface area contributed by atoms with Crippen LogP contribution in [0.5, 0.6) is 0 Å². The normalized spacial score (nSPS) is 26.5. The zero-order valence-corrected chi connectivity index (χ0v) is 17.2. The quantitative estimate of drug-likeness (QED) is 0.712. The van der Waals surface area contributed by atoms with E-state index in [1.807, 2.05) is 11.8 Å². The molecular weight excluding hydrogens is 374 g/mol. The smallest absolute Gasteiger partial charge is 0.223 e. The highest BCUT2D eigenvalue weighted by atomic mass is 32.2. The number of carbonyl (C=O) groups is 1. The Morgan fingerprint density at radius 2 is 1.77 bits per heavy atom. The predicted octanol–water partition coefficient (Wildman–Crippen LogP) is 0.372. The highest BCUT2D eigenvalue weighted by Gasteiger charge is 2.40. The van der Waals surface area contributed by atoms with Gasteiger partial charge in [0.15, 0.2) is 0 Å². The summed E-state index contributed by atoms with van der Waals surface area (Å²) in [5, 5.41) is 3.20. The van der Waals surface area contributed by atoms with Gasteiger partial charge in [-0.1, -0.05) is 0 Å². The van der Waals surface area contributed by atoms with Gasteiger partial charge in [-0.3, -0.25) is 9.69 Å². The van der Waals surface area contributed by atoms with E-state index in [1.54, 1.807) is 0 Å². The van der Waals surface area contributed by atoms with E-state index in [9.17, 15) is 13.2 Å². The van der Waals surface area contributed by atoms with Crippen LogP contribution in [0, 0.1) is 5.92 Å². The van der Waals surface area contributed by atoms with Gasteiger partial charge in [0.1, 0.15) is 0 Å². The number of sulfonamides is 1. The van der Waals surface area contributed by atoms with E-state index in [1.165, 1.54) is 10.6 Å². The van der Waals surface area contributed by atoms with Crippen LogP contribution in [0.25, 0.3) is 0 Å². The van der Waals surface area contributed by atoms with Crippen molar-refractivity contribution >= 4 is 27.7 Å². The highest BCUT2D eigenvalue weighted by molar-refractivity contribution is 7.99. The molecule has 26 heavy (non-hydrogen) atoms. The number of ether oxygens (including phenoxy) is 1. The van der Waals surface area contributed by atoms with Gasteiger partial charge >= 0.3 is 0 Å². The average molecular weight is 406 g/mol. The Morgan fingerprint density at radius 3 is 2.35 bits per heavy atom. The standard InChI is InChI=1S/C17H31N3O4S2/c1-26(22,23)20-6-2-15(3-7-20)16(21)18-14-17(4-10-24-11-5-17)19-8-12-25-13-9-19/h15H,2-14H2,1H3,(H,18,21). The minimum atomic E-state index is -3.15. The molecule has 0 aromatic heterocycles. The minimum absolute atomic E-state index is 0.0162. The number of hydrogen-bond acceptors (Lipinski definition) is 6. The van der Waals surface area contributed by atoms with Crippen molar-refractivity contribution in [2.75, 3.05) is 63.7 Å². The zero-order chi connectivity index (χ0) is 18.6. The first kappa shape index (κ1) is 20.4. The Balaban J connectivity index is 1.54. The van der Waals surface area contributed by atoms with Gasteiger partial charge in [-0.25, -0.2) is 12.7 Å². The number of rotatable bonds is 5. The van der Waals surface area contributed by atoms with Crippen LogP contribution in [0.4, 0.5) is 0 Å². The zero-order valence-electron chi connectivity index (χ0n) is 15.6. The summed E-state index contributed by atoms with van der Waals surface area (Å²) in [4.78, 5) is 15.2. The van der Waals surface area contributed by atoms with Crippen molar-refractivity contribution in [1.29, 1.82) is 0 Å². The van der Waals surface area contributed by atoms with Crippen LogP contribution < -0.4 is 5.32 Å². The Hall–Kier alpha value is -0.350. The largest absolute Gasteiger partial charge is 0.381 e. The van der Waals surface area contributed by atoms with Crippen LogP contribution in [0.15, 0.2) is 0 Å². The van der Waals surface area contributed by atoms with E-state index >= 15 is 0 Å². The molecule has 0 aromatic rings. The SMILES string of the molecule is CS(=O)(=O)N1CCC(C(=O)NCC2(N3CCSCC3)CCOCC2)CC1. The van der Waals surface area contributed by atoms with E-state index in [4.69, 9.17) is 4.74 Å². The molecule has 0 atom stereocenters. The summed E-state index contributed by atoms with van der Waals surface area (Å²) >= 11 is 2.00. The van der Waals surface area contributed by atoms with E-state index in [-0.39, 0.29) is 17.4 Å². The summed E-state index contributed by atoms with van der Waals surface area (Å²) in [7, 11) is -3.15. The molecule has 0 aromatic carbocycles. The third-order valence-electron chi connectivity index (χ3n) is 5.99. The molecule has 0 unspecified atom stereocenters. The van der Waals surface area contributed by atoms with E-state index in [0.717, 1.165) is 50.7 Å². The number of carbonyl (C=O) groups excluding carboxylic acids is 1. The predicted molar refractivity (Wildman–Crippen MR) is 104 cm³/mol. The van der Waals surface area contributed by atoms with Gasteiger partial charge in [-0.05, 0) is 25.7 Å². The summed E-state index contributed by atoms with van der Waals surface area (Å²) in [5.41, 5.74) is 0.0162. The third-order valence-corrected chi connectivity index (χ3v) is 8.24. The molecule has 0 spiro atoms. The average Bonchev–Trinajstić information content (AvgIpc) is 2.67. The molecular formula is C17H31N3O4S2. The lowest BCUT2D eigenvalue weighted by atomic mass is 9.87. The molecule has 7 nitrogen and oxygen atoms in total. The lowest BCUT2D eigenvalue weighted by Gasteiger charge is -2.48. The number of piperidine rings is 1. The molecule has 9 heteroatoms. The van der Waals surface area contributed by atoms with Gasteiger partial charge in [-0.15, -0.1) is 0 Å².